The van der Waals surface area contributed by atoms with Crippen molar-refractivity contribution in [3.8, 4) is 0 Å². The average molecular weight is 287 g/mol. The van der Waals surface area contributed by atoms with Crippen LogP contribution in [0.4, 0.5) is 0 Å². The zero-order valence-corrected chi connectivity index (χ0v) is 11.9. The van der Waals surface area contributed by atoms with E-state index in [1.807, 2.05) is 18.7 Å². The Morgan fingerprint density at radius 2 is 1.95 bits per heavy atom. The van der Waals surface area contributed by atoms with Gasteiger partial charge in [-0.15, -0.1) is 0 Å². The fraction of sp³-hybridized carbons (Fsp3) is 0.417. The van der Waals surface area contributed by atoms with E-state index in [1.54, 1.807) is 6.07 Å². The molecule has 1 aromatic carbocycles. The fourth-order valence-electron chi connectivity index (χ4n) is 1.30. The summed E-state index contributed by atoms with van der Waals surface area (Å²) < 4.78 is 28.6. The Morgan fingerprint density at radius 1 is 1.32 bits per heavy atom. The Bertz CT molecular complexity index is 539. The third-order valence-corrected chi connectivity index (χ3v) is 3.44. The molecule has 0 amide bonds. The van der Waals surface area contributed by atoms with E-state index in [-0.39, 0.29) is 23.0 Å². The van der Waals surface area contributed by atoms with Crippen LogP contribution in [0.25, 0.3) is 0 Å². The van der Waals surface area contributed by atoms with Crippen LogP contribution in [-0.2, 0) is 19.6 Å². The van der Waals surface area contributed by atoms with Gasteiger partial charge in [0.1, 0.15) is 0 Å². The first-order chi connectivity index (χ1) is 8.88. The van der Waals surface area contributed by atoms with Gasteiger partial charge in [0, 0.05) is 0 Å². The molecule has 0 saturated heterocycles. The van der Waals surface area contributed by atoms with Crippen molar-refractivity contribution in [3.63, 3.8) is 0 Å². The normalized spacial score (nSPS) is 11.6. The summed E-state index contributed by atoms with van der Waals surface area (Å²) in [7, 11) is -2.73. The van der Waals surface area contributed by atoms with Crippen LogP contribution in [0, 0.1) is 5.92 Å². The SMILES string of the molecule is COC(=O)c1ccccc1S(=O)(=O)NOCC(C)C. The zero-order chi connectivity index (χ0) is 14.5. The molecule has 0 aliphatic rings. The topological polar surface area (TPSA) is 81.7 Å². The summed E-state index contributed by atoms with van der Waals surface area (Å²) in [5.41, 5.74) is -0.0364. The average Bonchev–Trinajstić information content (AvgIpc) is 2.37. The van der Waals surface area contributed by atoms with E-state index in [9.17, 15) is 13.2 Å². The number of carbonyl (C=O) groups excluding carboxylic acids is 1. The van der Waals surface area contributed by atoms with Gasteiger partial charge >= 0.3 is 5.97 Å². The molecule has 0 spiro atoms. The van der Waals surface area contributed by atoms with E-state index in [4.69, 9.17) is 4.84 Å². The molecular weight excluding hydrogens is 270 g/mol. The maximum atomic E-state index is 12.0. The minimum atomic E-state index is -3.91. The number of rotatable bonds is 6. The molecule has 0 radical (unpaired) electrons. The predicted molar refractivity (Wildman–Crippen MR) is 68.9 cm³/mol. The van der Waals surface area contributed by atoms with Crippen molar-refractivity contribution in [1.82, 2.24) is 4.89 Å². The van der Waals surface area contributed by atoms with Crippen molar-refractivity contribution in [2.24, 2.45) is 5.92 Å². The summed E-state index contributed by atoms with van der Waals surface area (Å²) in [6.45, 7) is 4.01. The first-order valence-corrected chi connectivity index (χ1v) is 7.17. The van der Waals surface area contributed by atoms with E-state index in [2.05, 4.69) is 4.74 Å². The molecule has 19 heavy (non-hydrogen) atoms. The minimum Gasteiger partial charge on any atom is -0.465 e. The lowest BCUT2D eigenvalue weighted by atomic mass is 10.2. The second-order valence-corrected chi connectivity index (χ2v) is 5.89. The number of esters is 1. The maximum Gasteiger partial charge on any atom is 0.339 e. The first kappa shape index (κ1) is 15.6. The Labute approximate surface area is 112 Å². The fourth-order valence-corrected chi connectivity index (χ4v) is 2.31. The molecule has 1 aromatic rings. The first-order valence-electron chi connectivity index (χ1n) is 5.69. The second-order valence-electron chi connectivity index (χ2n) is 4.28. The molecule has 1 rings (SSSR count). The van der Waals surface area contributed by atoms with Gasteiger partial charge in [-0.2, -0.15) is 0 Å². The molecule has 0 unspecified atom stereocenters. The Hall–Kier alpha value is -1.44. The Balaban J connectivity index is 2.98. The van der Waals surface area contributed by atoms with Crippen LogP contribution in [-0.4, -0.2) is 28.1 Å². The van der Waals surface area contributed by atoms with Gasteiger partial charge in [-0.25, -0.2) is 13.2 Å². The van der Waals surface area contributed by atoms with Crippen LogP contribution in [0.3, 0.4) is 0 Å². The number of carbonyl (C=O) groups is 1. The van der Waals surface area contributed by atoms with E-state index >= 15 is 0 Å². The van der Waals surface area contributed by atoms with E-state index in [0.29, 0.717) is 0 Å². The molecule has 7 heteroatoms. The molecule has 0 saturated carbocycles. The van der Waals surface area contributed by atoms with Crippen molar-refractivity contribution in [2.75, 3.05) is 13.7 Å². The summed E-state index contributed by atoms with van der Waals surface area (Å²) in [6.07, 6.45) is 0. The zero-order valence-electron chi connectivity index (χ0n) is 11.0. The third-order valence-electron chi connectivity index (χ3n) is 2.17. The molecular formula is C12H17NO5S. The van der Waals surface area contributed by atoms with Gasteiger partial charge in [-0.3, -0.25) is 4.84 Å². The third kappa shape index (κ3) is 4.30. The summed E-state index contributed by atoms with van der Waals surface area (Å²) in [4.78, 5) is 18.2. The summed E-state index contributed by atoms with van der Waals surface area (Å²) >= 11 is 0. The monoisotopic (exact) mass is 287 g/mol. The predicted octanol–water partition coefficient (Wildman–Crippen LogP) is 1.34. The molecule has 0 aliphatic carbocycles. The van der Waals surface area contributed by atoms with E-state index < -0.39 is 16.0 Å². The highest BCUT2D eigenvalue weighted by Gasteiger charge is 2.22. The number of sulfonamides is 1. The number of hydrogen-bond acceptors (Lipinski definition) is 5. The summed E-state index contributed by atoms with van der Waals surface area (Å²) in [5, 5.41) is 0. The lowest BCUT2D eigenvalue weighted by Crippen LogP contribution is -2.27. The largest absolute Gasteiger partial charge is 0.465 e. The van der Waals surface area contributed by atoms with Crippen LogP contribution in [0.2, 0.25) is 0 Å². The molecule has 106 valence electrons. The summed E-state index contributed by atoms with van der Waals surface area (Å²) in [6, 6.07) is 5.76. The number of methoxy groups -OCH3 is 1. The van der Waals surface area contributed by atoms with Crippen molar-refractivity contribution in [2.45, 2.75) is 18.7 Å². The minimum absolute atomic E-state index is 0.0364. The lowest BCUT2D eigenvalue weighted by Gasteiger charge is -2.11. The van der Waals surface area contributed by atoms with Crippen LogP contribution in [0.1, 0.15) is 24.2 Å². The number of benzene rings is 1. The van der Waals surface area contributed by atoms with Gasteiger partial charge in [-0.1, -0.05) is 30.9 Å². The van der Waals surface area contributed by atoms with Crippen molar-refractivity contribution < 1.29 is 22.8 Å². The van der Waals surface area contributed by atoms with Gasteiger partial charge in [0.15, 0.2) is 0 Å². The smallest absolute Gasteiger partial charge is 0.339 e. The quantitative estimate of drug-likeness (QED) is 0.630. The molecule has 0 heterocycles. The molecule has 1 N–H and O–H groups in total. The van der Waals surface area contributed by atoms with Crippen molar-refractivity contribution in [1.29, 1.82) is 0 Å². The van der Waals surface area contributed by atoms with Gasteiger partial charge in [-0.05, 0) is 18.1 Å². The molecule has 0 bridgehead atoms. The lowest BCUT2D eigenvalue weighted by molar-refractivity contribution is 0.0593. The molecule has 0 aromatic heterocycles. The van der Waals surface area contributed by atoms with Gasteiger partial charge in [0.2, 0.25) is 0 Å². The van der Waals surface area contributed by atoms with Crippen LogP contribution in [0.15, 0.2) is 29.2 Å². The highest BCUT2D eigenvalue weighted by Crippen LogP contribution is 2.16. The standard InChI is InChI=1S/C12H17NO5S/c1-9(2)8-18-13-19(15,16)11-7-5-4-6-10(11)12(14)17-3/h4-7,9,13H,8H2,1-3H3. The van der Waals surface area contributed by atoms with Gasteiger partial charge < -0.3 is 4.74 Å². The second kappa shape index (κ2) is 6.65. The molecule has 0 fully saturated rings. The maximum absolute atomic E-state index is 12.0. The number of ether oxygens (including phenoxy) is 1. The van der Waals surface area contributed by atoms with E-state index in [0.717, 1.165) is 0 Å². The van der Waals surface area contributed by atoms with Crippen molar-refractivity contribution >= 4 is 16.0 Å². The molecule has 0 atom stereocenters. The van der Waals surface area contributed by atoms with Gasteiger partial charge in [0.05, 0.1) is 24.2 Å². The van der Waals surface area contributed by atoms with Crippen molar-refractivity contribution in [3.05, 3.63) is 29.8 Å². The highest BCUT2D eigenvalue weighted by molar-refractivity contribution is 7.89. The van der Waals surface area contributed by atoms with Gasteiger partial charge in [0.25, 0.3) is 10.0 Å². The van der Waals surface area contributed by atoms with E-state index in [1.165, 1.54) is 25.3 Å². The molecule has 6 nitrogen and oxygen atoms in total. The summed E-state index contributed by atoms with van der Waals surface area (Å²) in [5.74, 6) is -0.539. The van der Waals surface area contributed by atoms with Crippen LogP contribution < -0.4 is 4.89 Å². The Kier molecular flexibility index (Phi) is 5.46. The highest BCUT2D eigenvalue weighted by atomic mass is 32.2. The number of hydrogen-bond donors (Lipinski definition) is 1. The van der Waals surface area contributed by atoms with Crippen LogP contribution in [0.5, 0.6) is 0 Å². The van der Waals surface area contributed by atoms with Crippen LogP contribution >= 0.6 is 0 Å². The number of nitrogens with one attached hydrogen (secondary N) is 1. The Morgan fingerprint density at radius 3 is 2.53 bits per heavy atom. The molecule has 0 aliphatic heterocycles.